The summed E-state index contributed by atoms with van der Waals surface area (Å²) in [4.78, 5) is 28.7. The number of ketones is 1. The highest BCUT2D eigenvalue weighted by Crippen LogP contribution is 2.38. The average Bonchev–Trinajstić information content (AvgIpc) is 4.06. The largest absolute Gasteiger partial charge is 0.371 e. The number of aryl methyl sites for hydroxylation is 2. The zero-order valence-corrected chi connectivity index (χ0v) is 33.8. The van der Waals surface area contributed by atoms with E-state index in [-0.39, 0.29) is 29.0 Å². The molecule has 5 nitrogen and oxygen atoms in total. The number of benzene rings is 4. The Balaban J connectivity index is 1.20. The molecule has 0 aliphatic rings. The number of carbonyl (C=O) groups is 1. The van der Waals surface area contributed by atoms with Gasteiger partial charge in [-0.15, -0.1) is 0 Å². The first kappa shape index (κ1) is 37.6. The molecule has 8 rings (SSSR count). The summed E-state index contributed by atoms with van der Waals surface area (Å²) in [6.45, 7) is 11.0. The van der Waals surface area contributed by atoms with Gasteiger partial charge in [0.2, 0.25) is 5.78 Å². The Kier molecular flexibility index (Phi) is 10.4. The van der Waals surface area contributed by atoms with Crippen LogP contribution < -0.4 is 5.59 Å². The molecule has 0 aliphatic heterocycles. The van der Waals surface area contributed by atoms with Crippen molar-refractivity contribution in [3.8, 4) is 0 Å². The maximum atomic E-state index is 13.7. The molecule has 284 valence electrons. The number of aromatic amines is 4. The van der Waals surface area contributed by atoms with E-state index in [0.717, 1.165) is 51.7 Å². The van der Waals surface area contributed by atoms with Crippen LogP contribution in [0.15, 0.2) is 152 Å². The number of hydrogen-bond donors (Lipinski definition) is 4. The first-order valence-corrected chi connectivity index (χ1v) is 20.1. The smallest absolute Gasteiger partial charge is 0.209 e. The maximum Gasteiger partial charge on any atom is 0.209 e. The standard InChI is InChI=1S/C51H51BN4O/c1-6-33-14-18-37(19-15-33)50(57)45-29-28-43(55-45)49(36-20-22-38(23-21-36)51(3,4)5)42-27-26-41(54-42)48(35-16-12-32(2)13-17-35)40-25-24-39(53-40)47(34-10-8-7-9-11-34)44-30-31-46(52)56-44/h7-31,47-49,53-56H,6,52H2,1-5H3. The second-order valence-electron chi connectivity index (χ2n) is 16.5. The Bertz CT molecular complexity index is 2580. The average molecular weight is 747 g/mol. The molecule has 0 saturated carbocycles. The van der Waals surface area contributed by atoms with E-state index in [1.807, 2.05) is 30.3 Å². The topological polar surface area (TPSA) is 80.2 Å². The normalized spacial score (nSPS) is 13.4. The molecule has 0 aliphatic carbocycles. The van der Waals surface area contributed by atoms with E-state index in [4.69, 9.17) is 0 Å². The van der Waals surface area contributed by atoms with Gasteiger partial charge in [-0.3, -0.25) is 4.79 Å². The lowest BCUT2D eigenvalue weighted by Gasteiger charge is -2.22. The van der Waals surface area contributed by atoms with Crippen LogP contribution in [0.1, 0.15) is 129 Å². The molecule has 3 atom stereocenters. The molecule has 0 bridgehead atoms. The molecule has 8 aromatic rings. The SMILES string of the molecule is Bc1ccc(C(c2ccccc2)c2ccc(C(c3ccc(C)cc3)c3ccc(C(c4ccc(C(C)(C)C)cc4)c4ccc(C(=O)c5ccc(CC)cc5)[nH]4)[nH]3)[nH]2)[nH]1. The summed E-state index contributed by atoms with van der Waals surface area (Å²) in [5.74, 6) is -0.219. The van der Waals surface area contributed by atoms with Crippen molar-refractivity contribution >= 4 is 19.2 Å². The van der Waals surface area contributed by atoms with Gasteiger partial charge in [0.15, 0.2) is 7.85 Å². The first-order chi connectivity index (χ1) is 27.6. The van der Waals surface area contributed by atoms with Gasteiger partial charge < -0.3 is 19.9 Å². The molecule has 3 unspecified atom stereocenters. The summed E-state index contributed by atoms with van der Waals surface area (Å²) in [5.41, 5.74) is 16.2. The molecule has 0 saturated heterocycles. The van der Waals surface area contributed by atoms with Crippen LogP contribution >= 0.6 is 0 Å². The number of nitrogens with one attached hydrogen (secondary N) is 4. The minimum absolute atomic E-state index is 0.0109. The van der Waals surface area contributed by atoms with Gasteiger partial charge in [-0.25, -0.2) is 0 Å². The Hall–Kier alpha value is -6.27. The molecule has 4 aromatic heterocycles. The van der Waals surface area contributed by atoms with Gasteiger partial charge in [-0.2, -0.15) is 0 Å². The Labute approximate surface area is 337 Å². The van der Waals surface area contributed by atoms with Crippen molar-refractivity contribution in [3.63, 3.8) is 0 Å². The van der Waals surface area contributed by atoms with E-state index in [9.17, 15) is 4.79 Å². The fourth-order valence-corrected chi connectivity index (χ4v) is 8.15. The number of H-pyrrole nitrogens is 4. The van der Waals surface area contributed by atoms with Crippen LogP contribution in [0.25, 0.3) is 0 Å². The van der Waals surface area contributed by atoms with Gasteiger partial charge in [0.25, 0.3) is 0 Å². The van der Waals surface area contributed by atoms with Crippen LogP contribution in [-0.4, -0.2) is 33.6 Å². The molecule has 4 aromatic carbocycles. The number of rotatable bonds is 12. The van der Waals surface area contributed by atoms with Crippen molar-refractivity contribution in [2.45, 2.75) is 64.2 Å². The zero-order chi connectivity index (χ0) is 39.7. The second kappa shape index (κ2) is 15.7. The van der Waals surface area contributed by atoms with Gasteiger partial charge in [0.05, 0.1) is 23.4 Å². The fraction of sp³-hybridized carbons (Fsp3) is 0.196. The number of aromatic nitrogens is 4. The monoisotopic (exact) mass is 746 g/mol. The lowest BCUT2D eigenvalue weighted by atomic mass is 9.84. The van der Waals surface area contributed by atoms with Crippen LogP contribution in [-0.2, 0) is 11.8 Å². The molecule has 0 fully saturated rings. The van der Waals surface area contributed by atoms with Gasteiger partial charge in [-0.1, -0.05) is 142 Å². The van der Waals surface area contributed by atoms with Gasteiger partial charge in [0.1, 0.15) is 0 Å². The van der Waals surface area contributed by atoms with Crippen LogP contribution in [0.2, 0.25) is 0 Å². The Morgan fingerprint density at radius 1 is 0.526 bits per heavy atom. The lowest BCUT2D eigenvalue weighted by Crippen LogP contribution is -2.12. The number of hydrogen-bond acceptors (Lipinski definition) is 1. The molecule has 57 heavy (non-hydrogen) atoms. The highest BCUT2D eigenvalue weighted by Gasteiger charge is 2.28. The second-order valence-corrected chi connectivity index (χ2v) is 16.5. The predicted octanol–water partition coefficient (Wildman–Crippen LogP) is 10.2. The summed E-state index contributed by atoms with van der Waals surface area (Å²) in [6, 6.07) is 53.7. The van der Waals surface area contributed by atoms with Gasteiger partial charge in [-0.05, 0) is 94.6 Å². The lowest BCUT2D eigenvalue weighted by molar-refractivity contribution is 0.103. The quantitative estimate of drug-likeness (QED) is 0.0729. The van der Waals surface area contributed by atoms with E-state index < -0.39 is 0 Å². The van der Waals surface area contributed by atoms with E-state index in [1.54, 1.807) is 0 Å². The van der Waals surface area contributed by atoms with E-state index >= 15 is 0 Å². The molecule has 6 heteroatoms. The molecule has 0 radical (unpaired) electrons. The third kappa shape index (κ3) is 7.90. The third-order valence-electron chi connectivity index (χ3n) is 11.4. The summed E-state index contributed by atoms with van der Waals surface area (Å²) >= 11 is 0. The fourth-order valence-electron chi connectivity index (χ4n) is 8.15. The van der Waals surface area contributed by atoms with Gasteiger partial charge >= 0.3 is 0 Å². The summed E-state index contributed by atoms with van der Waals surface area (Å²) in [5, 5.41) is 0. The van der Waals surface area contributed by atoms with E-state index in [2.05, 4.69) is 184 Å². The van der Waals surface area contributed by atoms with Crippen LogP contribution in [0, 0.1) is 6.92 Å². The van der Waals surface area contributed by atoms with Crippen molar-refractivity contribution in [2.24, 2.45) is 0 Å². The van der Waals surface area contributed by atoms with Gasteiger partial charge in [0, 0.05) is 39.7 Å². The third-order valence-corrected chi connectivity index (χ3v) is 11.4. The first-order valence-electron chi connectivity index (χ1n) is 20.1. The summed E-state index contributed by atoms with van der Waals surface area (Å²) in [6.07, 6.45) is 0.937. The van der Waals surface area contributed by atoms with Crippen LogP contribution in [0.4, 0.5) is 0 Å². The maximum absolute atomic E-state index is 13.7. The predicted molar refractivity (Wildman–Crippen MR) is 236 cm³/mol. The molecule has 0 spiro atoms. The highest BCUT2D eigenvalue weighted by molar-refractivity contribution is 6.30. The van der Waals surface area contributed by atoms with Crippen molar-refractivity contribution in [2.75, 3.05) is 0 Å². The highest BCUT2D eigenvalue weighted by atomic mass is 16.1. The van der Waals surface area contributed by atoms with E-state index in [1.165, 1.54) is 27.8 Å². The Morgan fingerprint density at radius 2 is 0.982 bits per heavy atom. The molecule has 4 heterocycles. The van der Waals surface area contributed by atoms with Crippen LogP contribution in [0.5, 0.6) is 0 Å². The molecule has 4 N–H and O–H groups in total. The summed E-state index contributed by atoms with van der Waals surface area (Å²) in [7, 11) is 2.10. The zero-order valence-electron chi connectivity index (χ0n) is 33.8. The van der Waals surface area contributed by atoms with E-state index in [0.29, 0.717) is 11.3 Å². The summed E-state index contributed by atoms with van der Waals surface area (Å²) < 4.78 is 0. The number of carbonyl (C=O) groups excluding carboxylic acids is 1. The molecular weight excluding hydrogens is 695 g/mol. The minimum Gasteiger partial charge on any atom is -0.371 e. The molecule has 0 amide bonds. The van der Waals surface area contributed by atoms with Crippen molar-refractivity contribution in [3.05, 3.63) is 230 Å². The van der Waals surface area contributed by atoms with Crippen molar-refractivity contribution < 1.29 is 4.79 Å². The van der Waals surface area contributed by atoms with Crippen LogP contribution in [0.3, 0.4) is 0 Å². The Morgan fingerprint density at radius 3 is 1.47 bits per heavy atom. The minimum atomic E-state index is -0.159. The van der Waals surface area contributed by atoms with Crippen molar-refractivity contribution in [1.29, 1.82) is 0 Å². The van der Waals surface area contributed by atoms with Crippen molar-refractivity contribution in [1.82, 2.24) is 19.9 Å². The molecular formula is C51H51BN4O.